The van der Waals surface area contributed by atoms with Crippen LogP contribution in [0.2, 0.25) is 0 Å². The minimum atomic E-state index is -3.41. The molecule has 1 aliphatic heterocycles. The van der Waals surface area contributed by atoms with E-state index in [0.717, 1.165) is 37.4 Å². The van der Waals surface area contributed by atoms with Crippen LogP contribution in [0.5, 0.6) is 5.75 Å². The number of nitrogens with zero attached hydrogens (tertiary/aromatic N) is 2. The Morgan fingerprint density at radius 2 is 1.76 bits per heavy atom. The van der Waals surface area contributed by atoms with E-state index >= 15 is 0 Å². The minimum Gasteiger partial charge on any atom is -0.497 e. The second-order valence-electron chi connectivity index (χ2n) is 7.42. The fourth-order valence-corrected chi connectivity index (χ4v) is 5.91. The lowest BCUT2D eigenvalue weighted by Crippen LogP contribution is -2.49. The zero-order chi connectivity index (χ0) is 17.4. The van der Waals surface area contributed by atoms with Crippen molar-refractivity contribution in [3.63, 3.8) is 0 Å². The Labute approximate surface area is 150 Å². The third-order valence-electron chi connectivity index (χ3n) is 5.94. The first-order valence-corrected chi connectivity index (χ1v) is 10.5. The quantitative estimate of drug-likeness (QED) is 0.754. The number of hydrogen-bond donors (Lipinski definition) is 0. The fourth-order valence-electron chi connectivity index (χ4n) is 4.49. The van der Waals surface area contributed by atoms with Crippen molar-refractivity contribution < 1.29 is 13.2 Å². The van der Waals surface area contributed by atoms with E-state index in [1.165, 1.54) is 12.8 Å². The van der Waals surface area contributed by atoms with Crippen LogP contribution in [-0.4, -0.2) is 57.5 Å². The first-order chi connectivity index (χ1) is 12.1. The zero-order valence-corrected chi connectivity index (χ0v) is 15.5. The molecule has 1 aromatic rings. The molecular formula is C19H26N2O3S. The van der Waals surface area contributed by atoms with Crippen molar-refractivity contribution in [2.24, 2.45) is 17.8 Å². The Kier molecular flexibility index (Phi) is 4.60. The summed E-state index contributed by atoms with van der Waals surface area (Å²) in [5.74, 6) is 2.99. The van der Waals surface area contributed by atoms with Gasteiger partial charge in [-0.05, 0) is 54.9 Å². The average Bonchev–Trinajstić information content (AvgIpc) is 3.25. The maximum atomic E-state index is 12.8. The standard InChI is InChI=1S/C19H26N2O3S/c1-24-18-4-6-19(7-5-18)25(22,23)21-10-8-20(9-11-21)14-17-13-15-2-3-16(17)12-15/h2-7,15-17H,8-14H2,1H3/t15-,16-,17+/m0/s1. The summed E-state index contributed by atoms with van der Waals surface area (Å²) in [5, 5.41) is 0. The summed E-state index contributed by atoms with van der Waals surface area (Å²) < 4.78 is 32.3. The van der Waals surface area contributed by atoms with Gasteiger partial charge in [-0.15, -0.1) is 0 Å². The number of allylic oxidation sites excluding steroid dienone is 2. The Bertz CT molecular complexity index is 736. The molecule has 0 N–H and O–H groups in total. The number of methoxy groups -OCH3 is 1. The molecule has 0 radical (unpaired) electrons. The Balaban J connectivity index is 1.35. The monoisotopic (exact) mass is 362 g/mol. The van der Waals surface area contributed by atoms with Crippen molar-refractivity contribution in [1.29, 1.82) is 0 Å². The van der Waals surface area contributed by atoms with Gasteiger partial charge in [-0.3, -0.25) is 0 Å². The topological polar surface area (TPSA) is 49.9 Å². The van der Waals surface area contributed by atoms with Crippen LogP contribution < -0.4 is 4.74 Å². The molecule has 1 saturated heterocycles. The number of rotatable bonds is 5. The van der Waals surface area contributed by atoms with E-state index in [0.29, 0.717) is 23.7 Å². The molecule has 0 aromatic heterocycles. The summed E-state index contributed by atoms with van der Waals surface area (Å²) in [6.07, 6.45) is 7.41. The molecule has 0 unspecified atom stereocenters. The molecule has 5 nitrogen and oxygen atoms in total. The number of benzene rings is 1. The van der Waals surface area contributed by atoms with E-state index < -0.39 is 10.0 Å². The molecule has 4 rings (SSSR count). The van der Waals surface area contributed by atoms with Crippen LogP contribution in [0.3, 0.4) is 0 Å². The van der Waals surface area contributed by atoms with Gasteiger partial charge in [0.1, 0.15) is 5.75 Å². The van der Waals surface area contributed by atoms with Crippen molar-refractivity contribution in [3.8, 4) is 5.75 Å². The number of hydrogen-bond acceptors (Lipinski definition) is 4. The summed E-state index contributed by atoms with van der Waals surface area (Å²) in [7, 11) is -1.83. The molecule has 2 bridgehead atoms. The van der Waals surface area contributed by atoms with Crippen LogP contribution in [0.25, 0.3) is 0 Å². The lowest BCUT2D eigenvalue weighted by molar-refractivity contribution is 0.156. The maximum Gasteiger partial charge on any atom is 0.243 e. The summed E-state index contributed by atoms with van der Waals surface area (Å²) in [5.41, 5.74) is 0. The first kappa shape index (κ1) is 17.1. The van der Waals surface area contributed by atoms with Gasteiger partial charge in [-0.2, -0.15) is 4.31 Å². The highest BCUT2D eigenvalue weighted by molar-refractivity contribution is 7.89. The van der Waals surface area contributed by atoms with Crippen LogP contribution >= 0.6 is 0 Å². The predicted octanol–water partition coefficient (Wildman–Crippen LogP) is 2.21. The summed E-state index contributed by atoms with van der Waals surface area (Å²) in [4.78, 5) is 2.79. The van der Waals surface area contributed by atoms with E-state index in [-0.39, 0.29) is 0 Å². The van der Waals surface area contributed by atoms with Gasteiger partial charge in [0.05, 0.1) is 12.0 Å². The largest absolute Gasteiger partial charge is 0.497 e. The van der Waals surface area contributed by atoms with Crippen LogP contribution in [0.4, 0.5) is 0 Å². The molecule has 2 aliphatic carbocycles. The molecule has 1 saturated carbocycles. The SMILES string of the molecule is COc1ccc(S(=O)(=O)N2CCN(C[C@H]3C[C@H]4C=C[C@H]3C4)CC2)cc1. The highest BCUT2D eigenvalue weighted by Gasteiger charge is 2.37. The molecule has 3 aliphatic rings. The highest BCUT2D eigenvalue weighted by atomic mass is 32.2. The van der Waals surface area contributed by atoms with Gasteiger partial charge < -0.3 is 9.64 Å². The third-order valence-corrected chi connectivity index (χ3v) is 7.85. The summed E-state index contributed by atoms with van der Waals surface area (Å²) in [6, 6.07) is 6.65. The molecule has 2 fully saturated rings. The van der Waals surface area contributed by atoms with E-state index in [2.05, 4.69) is 17.1 Å². The Morgan fingerprint density at radius 3 is 2.32 bits per heavy atom. The lowest BCUT2D eigenvalue weighted by atomic mass is 9.93. The van der Waals surface area contributed by atoms with Gasteiger partial charge in [0.15, 0.2) is 0 Å². The number of fused-ring (bicyclic) bond motifs is 2. The van der Waals surface area contributed by atoms with Gasteiger partial charge in [-0.1, -0.05) is 12.2 Å². The molecule has 25 heavy (non-hydrogen) atoms. The summed E-state index contributed by atoms with van der Waals surface area (Å²) in [6.45, 7) is 3.91. The zero-order valence-electron chi connectivity index (χ0n) is 14.7. The van der Waals surface area contributed by atoms with Gasteiger partial charge in [0.25, 0.3) is 0 Å². The number of sulfonamides is 1. The molecule has 1 aromatic carbocycles. The number of piperazine rings is 1. The van der Waals surface area contributed by atoms with Crippen molar-refractivity contribution >= 4 is 10.0 Å². The van der Waals surface area contributed by atoms with Crippen LogP contribution in [0.15, 0.2) is 41.3 Å². The van der Waals surface area contributed by atoms with Gasteiger partial charge in [-0.25, -0.2) is 8.42 Å². The normalized spacial score (nSPS) is 30.0. The molecule has 6 heteroatoms. The predicted molar refractivity (Wildman–Crippen MR) is 97.0 cm³/mol. The van der Waals surface area contributed by atoms with Gasteiger partial charge >= 0.3 is 0 Å². The van der Waals surface area contributed by atoms with Crippen LogP contribution in [0.1, 0.15) is 12.8 Å². The van der Waals surface area contributed by atoms with Gasteiger partial charge in [0, 0.05) is 32.7 Å². The maximum absolute atomic E-state index is 12.8. The van der Waals surface area contributed by atoms with Crippen molar-refractivity contribution in [2.75, 3.05) is 39.8 Å². The second kappa shape index (κ2) is 6.74. The van der Waals surface area contributed by atoms with Crippen molar-refractivity contribution in [3.05, 3.63) is 36.4 Å². The lowest BCUT2D eigenvalue weighted by Gasteiger charge is -2.36. The van der Waals surface area contributed by atoms with E-state index in [1.807, 2.05) is 0 Å². The first-order valence-electron chi connectivity index (χ1n) is 9.11. The highest BCUT2D eigenvalue weighted by Crippen LogP contribution is 2.43. The van der Waals surface area contributed by atoms with Crippen LogP contribution in [-0.2, 0) is 10.0 Å². The molecule has 136 valence electrons. The summed E-state index contributed by atoms with van der Waals surface area (Å²) >= 11 is 0. The van der Waals surface area contributed by atoms with E-state index in [1.54, 1.807) is 35.7 Å². The molecule has 1 heterocycles. The van der Waals surface area contributed by atoms with Crippen molar-refractivity contribution in [1.82, 2.24) is 9.21 Å². The molecular weight excluding hydrogens is 336 g/mol. The second-order valence-corrected chi connectivity index (χ2v) is 9.36. The third kappa shape index (κ3) is 3.35. The molecule has 0 spiro atoms. The smallest absolute Gasteiger partial charge is 0.243 e. The fraction of sp³-hybridized carbons (Fsp3) is 0.579. The van der Waals surface area contributed by atoms with E-state index in [9.17, 15) is 8.42 Å². The van der Waals surface area contributed by atoms with E-state index in [4.69, 9.17) is 4.74 Å². The number of ether oxygens (including phenoxy) is 1. The average molecular weight is 362 g/mol. The Hall–Kier alpha value is -1.37. The molecule has 0 amide bonds. The molecule has 3 atom stereocenters. The van der Waals surface area contributed by atoms with Crippen LogP contribution in [0, 0.1) is 17.8 Å². The minimum absolute atomic E-state index is 0.347. The van der Waals surface area contributed by atoms with Gasteiger partial charge in [0.2, 0.25) is 10.0 Å². The van der Waals surface area contributed by atoms with Crippen molar-refractivity contribution in [2.45, 2.75) is 17.7 Å². The Morgan fingerprint density at radius 1 is 1.04 bits per heavy atom.